The largest absolute Gasteiger partial charge is 0.338 e. The van der Waals surface area contributed by atoms with E-state index in [1.165, 1.54) is 19.3 Å². The van der Waals surface area contributed by atoms with E-state index in [2.05, 4.69) is 41.0 Å². The maximum atomic E-state index is 4.53. The molecule has 4 nitrogen and oxygen atoms in total. The third-order valence-electron chi connectivity index (χ3n) is 3.63. The summed E-state index contributed by atoms with van der Waals surface area (Å²) in [6.07, 6.45) is 7.75. The fourth-order valence-corrected chi connectivity index (χ4v) is 2.49. The Bertz CT molecular complexity index is 374. The number of hydrogen-bond acceptors (Lipinski definition) is 4. The lowest BCUT2D eigenvalue weighted by atomic mass is 10.0. The second kappa shape index (κ2) is 6.85. The molecule has 106 valence electrons. The Morgan fingerprint density at radius 2 is 2.05 bits per heavy atom. The van der Waals surface area contributed by atoms with Crippen LogP contribution >= 0.6 is 0 Å². The third kappa shape index (κ3) is 4.16. The number of rotatable bonds is 5. The SMILES string of the molecule is CC(C)CNCc1cnc(N2CCCCC2C)nc1. The molecular weight excluding hydrogens is 236 g/mol. The molecule has 0 aliphatic carbocycles. The zero-order valence-corrected chi connectivity index (χ0v) is 12.4. The van der Waals surface area contributed by atoms with Crippen LogP contribution < -0.4 is 10.2 Å². The van der Waals surface area contributed by atoms with Crippen molar-refractivity contribution in [1.29, 1.82) is 0 Å². The second-order valence-corrected chi connectivity index (χ2v) is 5.95. The van der Waals surface area contributed by atoms with Gasteiger partial charge in [0.1, 0.15) is 0 Å². The first-order valence-corrected chi connectivity index (χ1v) is 7.45. The van der Waals surface area contributed by atoms with Crippen LogP contribution in [-0.4, -0.2) is 29.1 Å². The minimum Gasteiger partial charge on any atom is -0.338 e. The van der Waals surface area contributed by atoms with Gasteiger partial charge in [0.2, 0.25) is 5.95 Å². The van der Waals surface area contributed by atoms with Crippen molar-refractivity contribution in [1.82, 2.24) is 15.3 Å². The second-order valence-electron chi connectivity index (χ2n) is 5.95. The van der Waals surface area contributed by atoms with Crippen molar-refractivity contribution in [2.45, 2.75) is 52.6 Å². The fraction of sp³-hybridized carbons (Fsp3) is 0.733. The van der Waals surface area contributed by atoms with E-state index >= 15 is 0 Å². The van der Waals surface area contributed by atoms with Crippen LogP contribution in [0.1, 0.15) is 45.6 Å². The molecule has 19 heavy (non-hydrogen) atoms. The Morgan fingerprint density at radius 1 is 1.32 bits per heavy atom. The molecule has 0 amide bonds. The van der Waals surface area contributed by atoms with E-state index in [0.717, 1.165) is 31.1 Å². The van der Waals surface area contributed by atoms with Crippen LogP contribution in [0.2, 0.25) is 0 Å². The molecular formula is C15H26N4. The Balaban J connectivity index is 1.90. The topological polar surface area (TPSA) is 41.1 Å². The summed E-state index contributed by atoms with van der Waals surface area (Å²) in [5.74, 6) is 1.56. The highest BCUT2D eigenvalue weighted by molar-refractivity contribution is 5.32. The molecule has 1 aromatic rings. The van der Waals surface area contributed by atoms with Crippen LogP contribution in [-0.2, 0) is 6.54 Å². The molecule has 0 aromatic carbocycles. The van der Waals surface area contributed by atoms with Gasteiger partial charge in [-0.15, -0.1) is 0 Å². The van der Waals surface area contributed by atoms with Gasteiger partial charge in [-0.1, -0.05) is 13.8 Å². The summed E-state index contributed by atoms with van der Waals surface area (Å²) >= 11 is 0. The van der Waals surface area contributed by atoms with Crippen LogP contribution in [0.3, 0.4) is 0 Å². The molecule has 0 spiro atoms. The highest BCUT2D eigenvalue weighted by atomic mass is 15.3. The van der Waals surface area contributed by atoms with Crippen molar-refractivity contribution in [2.24, 2.45) is 5.92 Å². The van der Waals surface area contributed by atoms with E-state index in [0.29, 0.717) is 12.0 Å². The molecule has 0 radical (unpaired) electrons. The molecule has 1 aromatic heterocycles. The van der Waals surface area contributed by atoms with Crippen molar-refractivity contribution in [3.05, 3.63) is 18.0 Å². The molecule has 0 bridgehead atoms. The monoisotopic (exact) mass is 262 g/mol. The van der Waals surface area contributed by atoms with Crippen molar-refractivity contribution in [3.63, 3.8) is 0 Å². The molecule has 1 atom stereocenters. The van der Waals surface area contributed by atoms with E-state index in [-0.39, 0.29) is 0 Å². The maximum absolute atomic E-state index is 4.53. The summed E-state index contributed by atoms with van der Waals surface area (Å²) in [6, 6.07) is 0.568. The van der Waals surface area contributed by atoms with Gasteiger partial charge in [0.15, 0.2) is 0 Å². The molecule has 2 heterocycles. The molecule has 1 N–H and O–H groups in total. The fourth-order valence-electron chi connectivity index (χ4n) is 2.49. The highest BCUT2D eigenvalue weighted by Gasteiger charge is 2.20. The minimum absolute atomic E-state index is 0.568. The van der Waals surface area contributed by atoms with Crippen molar-refractivity contribution in [3.8, 4) is 0 Å². The van der Waals surface area contributed by atoms with Crippen LogP contribution in [0, 0.1) is 5.92 Å². The van der Waals surface area contributed by atoms with Gasteiger partial charge in [0.05, 0.1) is 0 Å². The van der Waals surface area contributed by atoms with Crippen LogP contribution in [0.15, 0.2) is 12.4 Å². The third-order valence-corrected chi connectivity index (χ3v) is 3.63. The molecule has 1 fully saturated rings. The average Bonchev–Trinajstić information content (AvgIpc) is 2.40. The zero-order chi connectivity index (χ0) is 13.7. The molecule has 1 saturated heterocycles. The first kappa shape index (κ1) is 14.3. The van der Waals surface area contributed by atoms with Crippen LogP contribution in [0.25, 0.3) is 0 Å². The van der Waals surface area contributed by atoms with Crippen molar-refractivity contribution >= 4 is 5.95 Å². The number of anilines is 1. The van der Waals surface area contributed by atoms with Gasteiger partial charge >= 0.3 is 0 Å². The number of piperidine rings is 1. The smallest absolute Gasteiger partial charge is 0.225 e. The van der Waals surface area contributed by atoms with E-state index in [4.69, 9.17) is 0 Å². The zero-order valence-electron chi connectivity index (χ0n) is 12.4. The maximum Gasteiger partial charge on any atom is 0.225 e. The van der Waals surface area contributed by atoms with E-state index in [1.54, 1.807) is 0 Å². The highest BCUT2D eigenvalue weighted by Crippen LogP contribution is 2.20. The number of nitrogens with one attached hydrogen (secondary N) is 1. The van der Waals surface area contributed by atoms with Gasteiger partial charge in [0, 0.05) is 37.1 Å². The van der Waals surface area contributed by atoms with Gasteiger partial charge < -0.3 is 10.2 Å². The number of hydrogen-bond donors (Lipinski definition) is 1. The van der Waals surface area contributed by atoms with E-state index < -0.39 is 0 Å². The van der Waals surface area contributed by atoms with Crippen LogP contribution in [0.5, 0.6) is 0 Å². The Labute approximate surface area is 116 Å². The summed E-state index contributed by atoms with van der Waals surface area (Å²) < 4.78 is 0. The number of nitrogens with zero attached hydrogens (tertiary/aromatic N) is 3. The standard InChI is InChI=1S/C15H26N4/c1-12(2)8-16-9-14-10-17-15(18-11-14)19-7-5-4-6-13(19)3/h10-13,16H,4-9H2,1-3H3. The predicted molar refractivity (Wildman–Crippen MR) is 79.2 cm³/mol. The minimum atomic E-state index is 0.568. The van der Waals surface area contributed by atoms with Crippen molar-refractivity contribution in [2.75, 3.05) is 18.0 Å². The summed E-state index contributed by atoms with van der Waals surface area (Å²) in [4.78, 5) is 11.4. The molecule has 1 unspecified atom stereocenters. The molecule has 4 heteroatoms. The Morgan fingerprint density at radius 3 is 2.68 bits per heavy atom. The Kier molecular flexibility index (Phi) is 5.14. The lowest BCUT2D eigenvalue weighted by Crippen LogP contribution is -2.38. The van der Waals surface area contributed by atoms with E-state index in [1.807, 2.05) is 12.4 Å². The first-order valence-electron chi connectivity index (χ1n) is 7.45. The summed E-state index contributed by atoms with van der Waals surface area (Å²) in [5, 5.41) is 3.42. The normalized spacial score (nSPS) is 20.0. The number of aromatic nitrogens is 2. The average molecular weight is 262 g/mol. The van der Waals surface area contributed by atoms with Gasteiger partial charge in [-0.05, 0) is 38.6 Å². The van der Waals surface area contributed by atoms with Crippen LogP contribution in [0.4, 0.5) is 5.95 Å². The quantitative estimate of drug-likeness (QED) is 0.885. The summed E-state index contributed by atoms with van der Waals surface area (Å²) in [5.41, 5.74) is 1.16. The van der Waals surface area contributed by atoms with E-state index in [9.17, 15) is 0 Å². The van der Waals surface area contributed by atoms with Crippen molar-refractivity contribution < 1.29 is 0 Å². The van der Waals surface area contributed by atoms with Gasteiger partial charge in [0.25, 0.3) is 0 Å². The summed E-state index contributed by atoms with van der Waals surface area (Å²) in [7, 11) is 0. The van der Waals surface area contributed by atoms with Gasteiger partial charge in [-0.2, -0.15) is 0 Å². The van der Waals surface area contributed by atoms with Gasteiger partial charge in [-0.3, -0.25) is 0 Å². The molecule has 1 aliphatic heterocycles. The summed E-state index contributed by atoms with van der Waals surface area (Å²) in [6.45, 7) is 9.67. The lowest BCUT2D eigenvalue weighted by Gasteiger charge is -2.33. The lowest BCUT2D eigenvalue weighted by molar-refractivity contribution is 0.476. The molecule has 0 saturated carbocycles. The van der Waals surface area contributed by atoms with Gasteiger partial charge in [-0.25, -0.2) is 9.97 Å². The molecule has 1 aliphatic rings. The first-order chi connectivity index (χ1) is 9.16. The Hall–Kier alpha value is -1.16. The predicted octanol–water partition coefficient (Wildman–Crippen LogP) is 2.60. The molecule has 2 rings (SSSR count).